The molecule has 2 aliphatic heterocycles. The van der Waals surface area contributed by atoms with Gasteiger partial charge in [-0.15, -0.1) is 0 Å². The maximum Gasteiger partial charge on any atom is 0.303 e. The average Bonchev–Trinajstić information content (AvgIpc) is 3.17. The van der Waals surface area contributed by atoms with Gasteiger partial charge in [-0.3, -0.25) is 9.00 Å². The number of hydrogen-bond acceptors (Lipinski definition) is 3. The third-order valence-electron chi connectivity index (χ3n) is 6.41. The minimum atomic E-state index is -0.723. The molecule has 3 rings (SSSR count). The Labute approximate surface area is 160 Å². The van der Waals surface area contributed by atoms with Crippen LogP contribution in [0.4, 0.5) is 0 Å². The van der Waals surface area contributed by atoms with Gasteiger partial charge < -0.3 is 9.84 Å². The summed E-state index contributed by atoms with van der Waals surface area (Å²) in [5.41, 5.74) is -0.0341. The van der Waals surface area contributed by atoms with Gasteiger partial charge in [0, 0.05) is 28.7 Å². The molecule has 1 unspecified atom stereocenters. The van der Waals surface area contributed by atoms with Gasteiger partial charge >= 0.3 is 5.97 Å². The first-order chi connectivity index (χ1) is 12.6. The van der Waals surface area contributed by atoms with Crippen LogP contribution in [0.1, 0.15) is 77.0 Å². The molecule has 1 aliphatic carbocycles. The molecule has 3 aliphatic rings. The summed E-state index contributed by atoms with van der Waals surface area (Å²) in [4.78, 5) is 10.5. The zero-order chi connectivity index (χ0) is 18.4. The van der Waals surface area contributed by atoms with E-state index >= 15 is 0 Å². The second-order valence-corrected chi connectivity index (χ2v) is 10.1. The standard InChI is InChI=1S/C21H34O4S/c22-20(23)10-6-1-2-7-12-21-13-11-19(25-21)18(14-21)16-26(24)15-17-8-4-3-5-9-17/h2,7,17-19H,1,3-6,8-16H2,(H,22,23)/t18-,19+,21-,26?/m0/s1. The van der Waals surface area contributed by atoms with E-state index in [0.29, 0.717) is 24.4 Å². The topological polar surface area (TPSA) is 63.6 Å². The number of carboxylic acids is 1. The Morgan fingerprint density at radius 1 is 1.15 bits per heavy atom. The van der Waals surface area contributed by atoms with Crippen LogP contribution in [0.3, 0.4) is 0 Å². The maximum absolute atomic E-state index is 12.6. The van der Waals surface area contributed by atoms with E-state index in [9.17, 15) is 9.00 Å². The summed E-state index contributed by atoms with van der Waals surface area (Å²) in [6.07, 6.45) is 17.1. The first-order valence-corrected chi connectivity index (χ1v) is 11.9. The van der Waals surface area contributed by atoms with Gasteiger partial charge in [-0.1, -0.05) is 31.4 Å². The zero-order valence-electron chi connectivity index (χ0n) is 15.9. The van der Waals surface area contributed by atoms with Crippen molar-refractivity contribution in [2.24, 2.45) is 11.8 Å². The van der Waals surface area contributed by atoms with Crippen LogP contribution < -0.4 is 0 Å². The second-order valence-electron chi connectivity index (χ2n) is 8.58. The number of rotatable bonds is 10. The SMILES string of the molecule is O=C(O)CCCC=CC[C@@]12CC[C@@H](O1)[C@H](CS(=O)CC1CCCCC1)C2. The molecule has 0 radical (unpaired) electrons. The highest BCUT2D eigenvalue weighted by Crippen LogP contribution is 2.49. The van der Waals surface area contributed by atoms with Crippen molar-refractivity contribution in [3.8, 4) is 0 Å². The highest BCUT2D eigenvalue weighted by Gasteiger charge is 2.51. The Morgan fingerprint density at radius 3 is 2.73 bits per heavy atom. The summed E-state index contributed by atoms with van der Waals surface area (Å²) in [5.74, 6) is 2.16. The largest absolute Gasteiger partial charge is 0.481 e. The molecule has 0 spiro atoms. The van der Waals surface area contributed by atoms with Gasteiger partial charge in [0.15, 0.2) is 0 Å². The lowest BCUT2D eigenvalue weighted by Gasteiger charge is -2.26. The average molecular weight is 383 g/mol. The number of allylic oxidation sites excluding steroid dienone is 1. The number of carboxylic acid groups (broad SMARTS) is 1. The van der Waals surface area contributed by atoms with Crippen molar-refractivity contribution in [3.05, 3.63) is 12.2 Å². The lowest BCUT2D eigenvalue weighted by molar-refractivity contribution is -0.137. The maximum atomic E-state index is 12.6. The lowest BCUT2D eigenvalue weighted by Crippen LogP contribution is -2.29. The van der Waals surface area contributed by atoms with Crippen molar-refractivity contribution in [2.75, 3.05) is 11.5 Å². The number of ether oxygens (including phenoxy) is 1. The number of unbranched alkanes of at least 4 members (excludes halogenated alkanes) is 1. The molecule has 148 valence electrons. The smallest absolute Gasteiger partial charge is 0.303 e. The van der Waals surface area contributed by atoms with Crippen LogP contribution in [0.25, 0.3) is 0 Å². The van der Waals surface area contributed by atoms with Crippen LogP contribution in [-0.4, -0.2) is 38.5 Å². The van der Waals surface area contributed by atoms with Crippen molar-refractivity contribution >= 4 is 16.8 Å². The van der Waals surface area contributed by atoms with E-state index in [1.165, 1.54) is 32.1 Å². The Hall–Kier alpha value is -0.680. The monoisotopic (exact) mass is 382 g/mol. The molecule has 26 heavy (non-hydrogen) atoms. The number of aliphatic carboxylic acids is 1. The second kappa shape index (κ2) is 9.50. The van der Waals surface area contributed by atoms with E-state index in [-0.39, 0.29) is 12.0 Å². The lowest BCUT2D eigenvalue weighted by atomic mass is 9.80. The Balaban J connectivity index is 1.39. The molecule has 4 nitrogen and oxygen atoms in total. The highest BCUT2D eigenvalue weighted by atomic mass is 32.2. The third-order valence-corrected chi connectivity index (χ3v) is 8.05. The molecule has 0 amide bonds. The molecular weight excluding hydrogens is 348 g/mol. The fraction of sp³-hybridized carbons (Fsp3) is 0.857. The van der Waals surface area contributed by atoms with E-state index in [0.717, 1.165) is 43.6 Å². The number of hydrogen-bond donors (Lipinski definition) is 1. The molecule has 0 aromatic rings. The quantitative estimate of drug-likeness (QED) is 0.448. The summed E-state index contributed by atoms with van der Waals surface area (Å²) in [6.45, 7) is 0. The van der Waals surface area contributed by atoms with Crippen molar-refractivity contribution in [1.29, 1.82) is 0 Å². The van der Waals surface area contributed by atoms with Gasteiger partial charge in [-0.2, -0.15) is 0 Å². The summed E-state index contributed by atoms with van der Waals surface area (Å²) < 4.78 is 19.0. The third kappa shape index (κ3) is 5.66. The first kappa shape index (κ1) is 20.1. The molecular formula is C21H34O4S. The molecule has 2 bridgehead atoms. The predicted molar refractivity (Wildman–Crippen MR) is 105 cm³/mol. The molecule has 2 saturated heterocycles. The zero-order valence-corrected chi connectivity index (χ0v) is 16.7. The highest BCUT2D eigenvalue weighted by molar-refractivity contribution is 7.85. The fourth-order valence-corrected chi connectivity index (χ4v) is 6.85. The van der Waals surface area contributed by atoms with E-state index in [1.54, 1.807) is 0 Å². The summed E-state index contributed by atoms with van der Waals surface area (Å²) in [5, 5.41) is 8.66. The summed E-state index contributed by atoms with van der Waals surface area (Å²) in [6, 6.07) is 0. The van der Waals surface area contributed by atoms with E-state index in [2.05, 4.69) is 12.2 Å². The van der Waals surface area contributed by atoms with Crippen molar-refractivity contribution in [3.63, 3.8) is 0 Å². The Bertz CT molecular complexity index is 526. The molecule has 5 heteroatoms. The minimum absolute atomic E-state index is 0.0341. The van der Waals surface area contributed by atoms with Gasteiger partial charge in [0.25, 0.3) is 0 Å². The summed E-state index contributed by atoms with van der Waals surface area (Å²) >= 11 is 0. The Kier molecular flexibility index (Phi) is 7.33. The molecule has 0 aromatic heterocycles. The van der Waals surface area contributed by atoms with Crippen LogP contribution in [0.2, 0.25) is 0 Å². The van der Waals surface area contributed by atoms with Gasteiger partial charge in [0.05, 0.1) is 11.7 Å². The van der Waals surface area contributed by atoms with Crippen LogP contribution in [0, 0.1) is 11.8 Å². The fourth-order valence-electron chi connectivity index (χ4n) is 5.05. The Morgan fingerprint density at radius 2 is 1.96 bits per heavy atom. The van der Waals surface area contributed by atoms with Crippen LogP contribution >= 0.6 is 0 Å². The van der Waals surface area contributed by atoms with E-state index in [1.807, 2.05) is 0 Å². The number of fused-ring (bicyclic) bond motifs is 2. The molecule has 1 saturated carbocycles. The predicted octanol–water partition coefficient (Wildman–Crippen LogP) is 4.45. The summed E-state index contributed by atoms with van der Waals surface area (Å²) in [7, 11) is -0.696. The normalized spacial score (nSPS) is 33.1. The van der Waals surface area contributed by atoms with Crippen LogP contribution in [0.15, 0.2) is 12.2 Å². The van der Waals surface area contributed by atoms with Crippen molar-refractivity contribution in [2.45, 2.75) is 88.8 Å². The molecule has 2 heterocycles. The van der Waals surface area contributed by atoms with Crippen LogP contribution in [-0.2, 0) is 20.3 Å². The number of carbonyl (C=O) groups is 1. The molecule has 1 N–H and O–H groups in total. The van der Waals surface area contributed by atoms with E-state index < -0.39 is 16.8 Å². The van der Waals surface area contributed by atoms with Gasteiger partial charge in [-0.05, 0) is 63.2 Å². The molecule has 3 fully saturated rings. The van der Waals surface area contributed by atoms with Gasteiger partial charge in [0.2, 0.25) is 0 Å². The minimum Gasteiger partial charge on any atom is -0.481 e. The van der Waals surface area contributed by atoms with Crippen molar-refractivity contribution in [1.82, 2.24) is 0 Å². The molecule has 4 atom stereocenters. The van der Waals surface area contributed by atoms with Crippen molar-refractivity contribution < 1.29 is 18.8 Å². The van der Waals surface area contributed by atoms with Gasteiger partial charge in [-0.25, -0.2) is 0 Å². The molecule has 0 aromatic carbocycles. The first-order valence-electron chi connectivity index (χ1n) is 10.5. The van der Waals surface area contributed by atoms with Crippen LogP contribution in [0.5, 0.6) is 0 Å². The van der Waals surface area contributed by atoms with Gasteiger partial charge in [0.1, 0.15) is 0 Å². The van der Waals surface area contributed by atoms with E-state index in [4.69, 9.17) is 9.84 Å².